The van der Waals surface area contributed by atoms with Gasteiger partial charge in [0.05, 0.1) is 0 Å². The van der Waals surface area contributed by atoms with E-state index in [1.807, 2.05) is 0 Å². The van der Waals surface area contributed by atoms with Gasteiger partial charge in [-0.1, -0.05) is 43.5 Å². The molecular weight excluding hydrogens is 256 g/mol. The Balaban J connectivity index is 1.96. The van der Waals surface area contributed by atoms with Gasteiger partial charge in [-0.15, -0.1) is 0 Å². The Labute approximate surface area is 130 Å². The molecule has 2 nitrogen and oxygen atoms in total. The predicted molar refractivity (Wildman–Crippen MR) is 91.7 cm³/mol. The molecule has 2 unspecified atom stereocenters. The molecule has 0 aliphatic heterocycles. The Bertz CT molecular complexity index is 467. The molecule has 1 aliphatic rings. The van der Waals surface area contributed by atoms with Crippen LogP contribution in [0, 0.1) is 19.8 Å². The van der Waals surface area contributed by atoms with Crippen molar-refractivity contribution in [3.05, 3.63) is 34.9 Å². The first kappa shape index (κ1) is 16.5. The van der Waals surface area contributed by atoms with Crippen molar-refractivity contribution in [3.8, 4) is 0 Å². The third kappa shape index (κ3) is 4.08. The lowest BCUT2D eigenvalue weighted by atomic mass is 9.75. The number of likely N-dealkylation sites (N-methyl/N-ethyl adjacent to an activating group) is 1. The van der Waals surface area contributed by atoms with Gasteiger partial charge in [0.25, 0.3) is 0 Å². The van der Waals surface area contributed by atoms with E-state index in [0.29, 0.717) is 5.54 Å². The van der Waals surface area contributed by atoms with Gasteiger partial charge >= 0.3 is 0 Å². The van der Waals surface area contributed by atoms with Crippen LogP contribution in [0.1, 0.15) is 49.3 Å². The van der Waals surface area contributed by atoms with Crippen molar-refractivity contribution in [3.63, 3.8) is 0 Å². The molecule has 0 spiro atoms. The van der Waals surface area contributed by atoms with Gasteiger partial charge in [-0.2, -0.15) is 0 Å². The molecule has 2 heteroatoms. The largest absolute Gasteiger partial charge is 0.311 e. The van der Waals surface area contributed by atoms with Gasteiger partial charge in [-0.05, 0) is 57.8 Å². The van der Waals surface area contributed by atoms with E-state index >= 15 is 0 Å². The minimum Gasteiger partial charge on any atom is -0.311 e. The van der Waals surface area contributed by atoms with Crippen molar-refractivity contribution in [1.29, 1.82) is 0 Å². The van der Waals surface area contributed by atoms with E-state index in [4.69, 9.17) is 0 Å². The summed E-state index contributed by atoms with van der Waals surface area (Å²) in [6, 6.07) is 6.76. The first-order valence-electron chi connectivity index (χ1n) is 8.37. The zero-order chi connectivity index (χ0) is 15.5. The maximum atomic E-state index is 3.73. The molecule has 0 bridgehead atoms. The van der Waals surface area contributed by atoms with Crippen LogP contribution in [0.3, 0.4) is 0 Å². The fourth-order valence-corrected chi connectivity index (χ4v) is 3.83. The Morgan fingerprint density at radius 3 is 2.67 bits per heavy atom. The van der Waals surface area contributed by atoms with E-state index in [0.717, 1.165) is 19.0 Å². The second-order valence-electron chi connectivity index (χ2n) is 7.35. The molecule has 0 radical (unpaired) electrons. The summed E-state index contributed by atoms with van der Waals surface area (Å²) in [6.45, 7) is 8.86. The highest BCUT2D eigenvalue weighted by molar-refractivity contribution is 5.30. The highest BCUT2D eigenvalue weighted by atomic mass is 15.2. The smallest absolute Gasteiger partial charge is 0.0330 e. The van der Waals surface area contributed by atoms with Crippen molar-refractivity contribution in [1.82, 2.24) is 10.2 Å². The molecule has 0 heterocycles. The van der Waals surface area contributed by atoms with Crippen molar-refractivity contribution in [2.75, 3.05) is 20.6 Å². The SMILES string of the molecule is Cc1ccc(CNCC2(N(C)C)CCCC(C)C2)c(C)c1. The van der Waals surface area contributed by atoms with Crippen LogP contribution in [-0.2, 0) is 6.54 Å². The Kier molecular flexibility index (Phi) is 5.45. The average molecular weight is 288 g/mol. The molecule has 0 aromatic heterocycles. The van der Waals surface area contributed by atoms with Crippen LogP contribution in [-0.4, -0.2) is 31.1 Å². The summed E-state index contributed by atoms with van der Waals surface area (Å²) in [5, 5.41) is 3.73. The Morgan fingerprint density at radius 2 is 2.05 bits per heavy atom. The monoisotopic (exact) mass is 288 g/mol. The van der Waals surface area contributed by atoms with Crippen molar-refractivity contribution in [2.45, 2.75) is 58.5 Å². The van der Waals surface area contributed by atoms with E-state index in [9.17, 15) is 0 Å². The zero-order valence-electron chi connectivity index (χ0n) is 14.5. The summed E-state index contributed by atoms with van der Waals surface area (Å²) in [6.07, 6.45) is 5.40. The topological polar surface area (TPSA) is 15.3 Å². The van der Waals surface area contributed by atoms with E-state index in [-0.39, 0.29) is 0 Å². The normalized spacial score (nSPS) is 26.3. The second kappa shape index (κ2) is 6.93. The quantitative estimate of drug-likeness (QED) is 0.884. The van der Waals surface area contributed by atoms with Gasteiger partial charge in [-0.25, -0.2) is 0 Å². The lowest BCUT2D eigenvalue weighted by Gasteiger charge is -2.45. The zero-order valence-corrected chi connectivity index (χ0v) is 14.5. The van der Waals surface area contributed by atoms with E-state index in [2.05, 4.69) is 63.3 Å². The van der Waals surface area contributed by atoms with Crippen molar-refractivity contribution >= 4 is 0 Å². The summed E-state index contributed by atoms with van der Waals surface area (Å²) >= 11 is 0. The maximum Gasteiger partial charge on any atom is 0.0330 e. The van der Waals surface area contributed by atoms with Gasteiger partial charge in [0.15, 0.2) is 0 Å². The average Bonchev–Trinajstić information content (AvgIpc) is 2.41. The summed E-state index contributed by atoms with van der Waals surface area (Å²) in [4.78, 5) is 2.46. The summed E-state index contributed by atoms with van der Waals surface area (Å²) in [5.74, 6) is 0.851. The standard InChI is InChI=1S/C19H32N2/c1-15-8-9-18(17(3)11-15)13-20-14-19(21(4)5)10-6-7-16(2)12-19/h8-9,11,16,20H,6-7,10,12-14H2,1-5H3. The molecule has 1 aromatic carbocycles. The fourth-order valence-electron chi connectivity index (χ4n) is 3.83. The van der Waals surface area contributed by atoms with Gasteiger partial charge in [-0.3, -0.25) is 0 Å². The van der Waals surface area contributed by atoms with Crippen LogP contribution in [0.2, 0.25) is 0 Å². The molecule has 1 aromatic rings. The van der Waals surface area contributed by atoms with E-state index in [1.54, 1.807) is 0 Å². The van der Waals surface area contributed by atoms with E-state index < -0.39 is 0 Å². The molecule has 0 saturated heterocycles. The molecule has 1 saturated carbocycles. The van der Waals surface area contributed by atoms with Crippen molar-refractivity contribution in [2.24, 2.45) is 5.92 Å². The van der Waals surface area contributed by atoms with Crippen LogP contribution >= 0.6 is 0 Å². The number of rotatable bonds is 5. The molecule has 1 fully saturated rings. The Morgan fingerprint density at radius 1 is 1.29 bits per heavy atom. The molecule has 2 rings (SSSR count). The summed E-state index contributed by atoms with van der Waals surface area (Å²) < 4.78 is 0. The minimum absolute atomic E-state index is 0.344. The third-order valence-electron chi connectivity index (χ3n) is 5.28. The number of nitrogens with one attached hydrogen (secondary N) is 1. The molecule has 0 amide bonds. The van der Waals surface area contributed by atoms with Crippen LogP contribution < -0.4 is 5.32 Å². The predicted octanol–water partition coefficient (Wildman–Crippen LogP) is 3.90. The van der Waals surface area contributed by atoms with Crippen molar-refractivity contribution < 1.29 is 0 Å². The van der Waals surface area contributed by atoms with Gasteiger partial charge in [0.2, 0.25) is 0 Å². The van der Waals surface area contributed by atoms with Crippen LogP contribution in [0.5, 0.6) is 0 Å². The number of hydrogen-bond acceptors (Lipinski definition) is 2. The molecular formula is C19H32N2. The lowest BCUT2D eigenvalue weighted by molar-refractivity contribution is 0.0749. The van der Waals surface area contributed by atoms with E-state index in [1.165, 1.54) is 42.4 Å². The third-order valence-corrected chi connectivity index (χ3v) is 5.28. The molecule has 21 heavy (non-hydrogen) atoms. The summed E-state index contributed by atoms with van der Waals surface area (Å²) in [7, 11) is 4.49. The molecule has 1 N–H and O–H groups in total. The number of benzene rings is 1. The minimum atomic E-state index is 0.344. The summed E-state index contributed by atoms with van der Waals surface area (Å²) in [5.41, 5.74) is 4.52. The van der Waals surface area contributed by atoms with Gasteiger partial charge in [0.1, 0.15) is 0 Å². The Hall–Kier alpha value is -0.860. The highest BCUT2D eigenvalue weighted by Crippen LogP contribution is 2.35. The molecule has 118 valence electrons. The number of nitrogens with zero attached hydrogens (tertiary/aromatic N) is 1. The number of aryl methyl sites for hydroxylation is 2. The van der Waals surface area contributed by atoms with Gasteiger partial charge < -0.3 is 10.2 Å². The van der Waals surface area contributed by atoms with Crippen LogP contribution in [0.4, 0.5) is 0 Å². The first-order valence-corrected chi connectivity index (χ1v) is 8.37. The van der Waals surface area contributed by atoms with Crippen LogP contribution in [0.25, 0.3) is 0 Å². The lowest BCUT2D eigenvalue weighted by Crippen LogP contribution is -2.54. The highest BCUT2D eigenvalue weighted by Gasteiger charge is 2.36. The maximum absolute atomic E-state index is 3.73. The number of hydrogen-bond donors (Lipinski definition) is 1. The molecule has 2 atom stereocenters. The molecule has 1 aliphatic carbocycles. The second-order valence-corrected chi connectivity index (χ2v) is 7.35. The van der Waals surface area contributed by atoms with Gasteiger partial charge in [0, 0.05) is 18.6 Å². The van der Waals surface area contributed by atoms with Crippen LogP contribution in [0.15, 0.2) is 18.2 Å². The first-order chi connectivity index (χ1) is 9.93. The fraction of sp³-hybridized carbons (Fsp3) is 0.684.